The van der Waals surface area contributed by atoms with Crippen molar-refractivity contribution < 1.29 is 4.79 Å². The standard InChI is InChI=1S/C31H42N6O/c1-35-17-10-24(11-18-35)23-5-7-26(8-6-23)33-31-30-25(9-14-32-28(30)22-38)21-29(34-31)37-19-12-27(13-20-37)36-15-3-2-4-16-36/h5-9,14,21-22,24,27-28,32H,2-4,10-13,15-20H2,1H3,(H,33,34). The number of hydrogen-bond acceptors (Lipinski definition) is 7. The zero-order valence-electron chi connectivity index (χ0n) is 22.7. The van der Waals surface area contributed by atoms with E-state index in [-0.39, 0.29) is 0 Å². The van der Waals surface area contributed by atoms with Crippen LogP contribution < -0.4 is 15.5 Å². The van der Waals surface area contributed by atoms with E-state index in [0.717, 1.165) is 60.9 Å². The van der Waals surface area contributed by atoms with Gasteiger partial charge in [-0.2, -0.15) is 0 Å². The van der Waals surface area contributed by atoms with Crippen LogP contribution in [0.25, 0.3) is 6.08 Å². The Hall–Kier alpha value is -2.90. The Morgan fingerprint density at radius 1 is 0.947 bits per heavy atom. The molecule has 2 aromatic rings. The number of pyridine rings is 1. The highest BCUT2D eigenvalue weighted by atomic mass is 16.1. The van der Waals surface area contributed by atoms with Gasteiger partial charge in [-0.1, -0.05) is 18.6 Å². The number of carbonyl (C=O) groups is 1. The van der Waals surface area contributed by atoms with E-state index < -0.39 is 6.04 Å². The molecule has 3 saturated heterocycles. The number of likely N-dealkylation sites (tertiary alicyclic amines) is 2. The van der Waals surface area contributed by atoms with E-state index in [1.54, 1.807) is 0 Å². The van der Waals surface area contributed by atoms with E-state index in [1.807, 2.05) is 6.20 Å². The fraction of sp³-hybridized carbons (Fsp3) is 0.548. The molecule has 4 aliphatic heterocycles. The maximum atomic E-state index is 12.0. The summed E-state index contributed by atoms with van der Waals surface area (Å²) in [7, 11) is 2.21. The van der Waals surface area contributed by atoms with E-state index in [2.05, 4.69) is 68.8 Å². The zero-order chi connectivity index (χ0) is 25.9. The Labute approximate surface area is 227 Å². The summed E-state index contributed by atoms with van der Waals surface area (Å²) in [6, 6.07) is 11.3. The van der Waals surface area contributed by atoms with Crippen LogP contribution in [0.4, 0.5) is 17.3 Å². The van der Waals surface area contributed by atoms with Crippen LogP contribution in [0.2, 0.25) is 0 Å². The molecule has 0 bridgehead atoms. The summed E-state index contributed by atoms with van der Waals surface area (Å²) in [5.74, 6) is 2.41. The first-order valence-electron chi connectivity index (χ1n) is 14.7. The molecule has 6 rings (SSSR count). The third-order valence-electron chi connectivity index (χ3n) is 9.12. The molecule has 7 heteroatoms. The molecule has 7 nitrogen and oxygen atoms in total. The van der Waals surface area contributed by atoms with E-state index in [0.29, 0.717) is 12.0 Å². The number of nitrogens with one attached hydrogen (secondary N) is 2. The van der Waals surface area contributed by atoms with Crippen molar-refractivity contribution in [2.45, 2.75) is 62.9 Å². The van der Waals surface area contributed by atoms with Gasteiger partial charge in [0.2, 0.25) is 0 Å². The number of fused-ring (bicyclic) bond motifs is 1. The molecule has 5 heterocycles. The van der Waals surface area contributed by atoms with Crippen molar-refractivity contribution >= 4 is 29.7 Å². The molecule has 3 fully saturated rings. The summed E-state index contributed by atoms with van der Waals surface area (Å²) in [4.78, 5) is 24.7. The molecule has 1 unspecified atom stereocenters. The quantitative estimate of drug-likeness (QED) is 0.532. The Bertz CT molecular complexity index is 1130. The van der Waals surface area contributed by atoms with E-state index in [1.165, 1.54) is 63.6 Å². The minimum Gasteiger partial charge on any atom is -0.378 e. The van der Waals surface area contributed by atoms with Crippen LogP contribution in [-0.4, -0.2) is 73.4 Å². The Kier molecular flexibility index (Phi) is 7.65. The van der Waals surface area contributed by atoms with Gasteiger partial charge < -0.3 is 30.1 Å². The summed E-state index contributed by atoms with van der Waals surface area (Å²) in [5, 5.41) is 6.78. The second-order valence-corrected chi connectivity index (χ2v) is 11.6. The second kappa shape index (κ2) is 11.5. The van der Waals surface area contributed by atoms with Crippen molar-refractivity contribution in [3.8, 4) is 0 Å². The smallest absolute Gasteiger partial charge is 0.146 e. The molecule has 38 heavy (non-hydrogen) atoms. The number of aromatic nitrogens is 1. The molecule has 0 saturated carbocycles. The molecule has 0 radical (unpaired) electrons. The fourth-order valence-electron chi connectivity index (χ4n) is 6.78. The first-order valence-corrected chi connectivity index (χ1v) is 14.7. The van der Waals surface area contributed by atoms with Gasteiger partial charge in [0.15, 0.2) is 0 Å². The van der Waals surface area contributed by atoms with Gasteiger partial charge in [0.25, 0.3) is 0 Å². The minimum absolute atomic E-state index is 0.401. The lowest BCUT2D eigenvalue weighted by atomic mass is 9.89. The van der Waals surface area contributed by atoms with Crippen LogP contribution in [0.1, 0.15) is 73.6 Å². The Morgan fingerprint density at radius 3 is 2.39 bits per heavy atom. The predicted molar refractivity (Wildman–Crippen MR) is 155 cm³/mol. The van der Waals surface area contributed by atoms with Crippen LogP contribution >= 0.6 is 0 Å². The summed E-state index contributed by atoms with van der Waals surface area (Å²) in [6.45, 7) is 6.90. The van der Waals surface area contributed by atoms with Crippen molar-refractivity contribution in [3.63, 3.8) is 0 Å². The number of nitrogens with zero attached hydrogens (tertiary/aromatic N) is 4. The predicted octanol–water partition coefficient (Wildman–Crippen LogP) is 4.90. The van der Waals surface area contributed by atoms with E-state index in [4.69, 9.17) is 4.98 Å². The molecule has 4 aliphatic rings. The molecule has 0 amide bonds. The van der Waals surface area contributed by atoms with Crippen molar-refractivity contribution in [3.05, 3.63) is 53.2 Å². The summed E-state index contributed by atoms with van der Waals surface area (Å²) >= 11 is 0. The maximum absolute atomic E-state index is 12.0. The van der Waals surface area contributed by atoms with Crippen molar-refractivity contribution in [2.24, 2.45) is 0 Å². The van der Waals surface area contributed by atoms with E-state index >= 15 is 0 Å². The highest BCUT2D eigenvalue weighted by Gasteiger charge is 2.28. The maximum Gasteiger partial charge on any atom is 0.146 e. The number of rotatable bonds is 6. The first kappa shape index (κ1) is 25.4. The lowest BCUT2D eigenvalue weighted by Crippen LogP contribution is -2.47. The molecule has 0 spiro atoms. The molecule has 202 valence electrons. The molecular weight excluding hydrogens is 472 g/mol. The van der Waals surface area contributed by atoms with Crippen LogP contribution in [0.3, 0.4) is 0 Å². The highest BCUT2D eigenvalue weighted by molar-refractivity contribution is 5.78. The van der Waals surface area contributed by atoms with E-state index in [9.17, 15) is 4.79 Å². The SMILES string of the molecule is CN1CCC(c2ccc(Nc3nc(N4CCC(N5CCCCC5)CC4)cc4c3C(C=O)NC=C4)cc2)CC1. The molecule has 0 aliphatic carbocycles. The normalized spacial score (nSPS) is 23.6. The topological polar surface area (TPSA) is 63.7 Å². The number of piperidine rings is 3. The molecule has 1 aromatic carbocycles. The number of anilines is 3. The van der Waals surface area contributed by atoms with Gasteiger partial charge in [-0.25, -0.2) is 4.98 Å². The molecule has 2 N–H and O–H groups in total. The van der Waals surface area contributed by atoms with Gasteiger partial charge in [-0.05, 0) is 119 Å². The third-order valence-corrected chi connectivity index (χ3v) is 9.12. The van der Waals surface area contributed by atoms with Crippen LogP contribution in [0.5, 0.6) is 0 Å². The number of hydrogen-bond donors (Lipinski definition) is 2. The number of benzene rings is 1. The first-order chi connectivity index (χ1) is 18.7. The van der Waals surface area contributed by atoms with Crippen molar-refractivity contribution in [1.82, 2.24) is 20.1 Å². The average molecular weight is 515 g/mol. The molecule has 1 aromatic heterocycles. The third kappa shape index (κ3) is 5.45. The van der Waals surface area contributed by atoms with Gasteiger partial charge in [0.05, 0.1) is 0 Å². The van der Waals surface area contributed by atoms with Gasteiger partial charge in [0.1, 0.15) is 24.0 Å². The van der Waals surface area contributed by atoms with Crippen molar-refractivity contribution in [2.75, 3.05) is 56.5 Å². The average Bonchev–Trinajstić information content (AvgIpc) is 2.98. The zero-order valence-corrected chi connectivity index (χ0v) is 22.7. The lowest BCUT2D eigenvalue weighted by molar-refractivity contribution is -0.109. The van der Waals surface area contributed by atoms with Crippen LogP contribution in [-0.2, 0) is 4.79 Å². The number of carbonyl (C=O) groups excluding carboxylic acids is 1. The van der Waals surface area contributed by atoms with Crippen LogP contribution in [0.15, 0.2) is 36.5 Å². The Balaban J connectivity index is 1.21. The second-order valence-electron chi connectivity index (χ2n) is 11.6. The largest absolute Gasteiger partial charge is 0.378 e. The van der Waals surface area contributed by atoms with Gasteiger partial charge in [0, 0.05) is 30.4 Å². The van der Waals surface area contributed by atoms with Crippen LogP contribution in [0, 0.1) is 0 Å². The van der Waals surface area contributed by atoms with Gasteiger partial charge in [-0.3, -0.25) is 0 Å². The molecular formula is C31H42N6O. The summed E-state index contributed by atoms with van der Waals surface area (Å²) in [5.41, 5.74) is 4.42. The van der Waals surface area contributed by atoms with Gasteiger partial charge >= 0.3 is 0 Å². The highest BCUT2D eigenvalue weighted by Crippen LogP contribution is 2.35. The van der Waals surface area contributed by atoms with Crippen molar-refractivity contribution in [1.29, 1.82) is 0 Å². The lowest BCUT2D eigenvalue weighted by Gasteiger charge is -2.40. The molecule has 1 atom stereocenters. The summed E-state index contributed by atoms with van der Waals surface area (Å²) in [6.07, 6.45) is 13.8. The minimum atomic E-state index is -0.401. The summed E-state index contributed by atoms with van der Waals surface area (Å²) < 4.78 is 0. The Morgan fingerprint density at radius 2 is 1.68 bits per heavy atom. The number of aldehydes is 1. The van der Waals surface area contributed by atoms with Gasteiger partial charge in [-0.15, -0.1) is 0 Å². The monoisotopic (exact) mass is 514 g/mol. The fourth-order valence-corrected chi connectivity index (χ4v) is 6.78.